The number of nitrogens with one attached hydrogen (secondary N) is 5. The Bertz CT molecular complexity index is 890. The number of urea groups is 1. The molecule has 12 heteroatoms. The molecule has 0 aliphatic carbocycles. The van der Waals surface area contributed by atoms with Gasteiger partial charge in [0, 0.05) is 39.2 Å². The molecular weight excluding hydrogens is 468 g/mol. The summed E-state index contributed by atoms with van der Waals surface area (Å²) in [4.78, 5) is 59.0. The van der Waals surface area contributed by atoms with Gasteiger partial charge < -0.3 is 37.1 Å². The van der Waals surface area contributed by atoms with Crippen molar-refractivity contribution in [3.8, 4) is 0 Å². The van der Waals surface area contributed by atoms with Gasteiger partial charge in [0.05, 0.1) is 6.04 Å². The van der Waals surface area contributed by atoms with E-state index in [1.807, 2.05) is 13.8 Å². The Hall–Kier alpha value is -3.67. The van der Waals surface area contributed by atoms with E-state index in [1.54, 1.807) is 24.3 Å². The van der Waals surface area contributed by atoms with Crippen molar-refractivity contribution >= 4 is 35.4 Å². The Morgan fingerprint density at radius 2 is 1.58 bits per heavy atom. The van der Waals surface area contributed by atoms with Crippen LogP contribution in [0.4, 0.5) is 10.5 Å². The molecule has 1 aromatic rings. The lowest BCUT2D eigenvalue weighted by Gasteiger charge is -2.25. The molecule has 200 valence electrons. The second-order valence-electron chi connectivity index (χ2n) is 8.62. The number of benzene rings is 1. The summed E-state index contributed by atoms with van der Waals surface area (Å²) in [5.41, 5.74) is 6.36. The van der Waals surface area contributed by atoms with Crippen molar-refractivity contribution in [2.45, 2.75) is 59.2 Å². The summed E-state index contributed by atoms with van der Waals surface area (Å²) in [6.07, 6.45) is 0.671. The quantitative estimate of drug-likeness (QED) is 0.147. The van der Waals surface area contributed by atoms with Gasteiger partial charge in [0.2, 0.25) is 17.7 Å². The second kappa shape index (κ2) is 16.1. The number of amides is 5. The van der Waals surface area contributed by atoms with Gasteiger partial charge in [-0.15, -0.1) is 0 Å². The van der Waals surface area contributed by atoms with E-state index in [-0.39, 0.29) is 43.3 Å². The SMILES string of the molecule is CC(=O)NCCN[C@@H](C(=O)N[C@H](CCCNC(N)=O)C(=O)Nc1ccc(COC(C)=O)cc1)C(C)C. The average molecular weight is 507 g/mol. The third kappa shape index (κ3) is 12.7. The standard InChI is InChI=1S/C24H38N6O6/c1-15(2)21(27-13-12-26-16(3)31)23(34)30-20(6-5-11-28-24(25)35)22(33)29-19-9-7-18(8-10-19)14-36-17(4)32/h7-10,15,20-21,27H,5-6,11-14H2,1-4H3,(H,26,31)(H,29,33)(H,30,34)(H3,25,28,35)/t20-,21-/m1/s1. The highest BCUT2D eigenvalue weighted by atomic mass is 16.5. The van der Waals surface area contributed by atoms with Crippen LogP contribution in [-0.2, 0) is 30.5 Å². The Morgan fingerprint density at radius 1 is 0.917 bits per heavy atom. The minimum absolute atomic E-state index is 0.0765. The van der Waals surface area contributed by atoms with E-state index in [9.17, 15) is 24.0 Å². The number of ether oxygens (including phenoxy) is 1. The Kier molecular flexibility index (Phi) is 13.6. The second-order valence-corrected chi connectivity index (χ2v) is 8.62. The van der Waals surface area contributed by atoms with Crippen LogP contribution in [0.25, 0.3) is 0 Å². The van der Waals surface area contributed by atoms with Crippen molar-refractivity contribution in [3.05, 3.63) is 29.8 Å². The summed E-state index contributed by atoms with van der Waals surface area (Å²) >= 11 is 0. The lowest BCUT2D eigenvalue weighted by Crippen LogP contribution is -2.54. The van der Waals surface area contributed by atoms with Crippen LogP contribution in [-0.4, -0.2) is 61.4 Å². The number of rotatable bonds is 15. The molecule has 0 fully saturated rings. The number of hydrogen-bond acceptors (Lipinski definition) is 7. The monoisotopic (exact) mass is 506 g/mol. The molecule has 0 radical (unpaired) electrons. The largest absolute Gasteiger partial charge is 0.461 e. The smallest absolute Gasteiger partial charge is 0.312 e. The van der Waals surface area contributed by atoms with Crippen LogP contribution in [0.15, 0.2) is 24.3 Å². The first-order valence-electron chi connectivity index (χ1n) is 11.8. The predicted molar refractivity (Wildman–Crippen MR) is 135 cm³/mol. The molecule has 0 saturated heterocycles. The van der Waals surface area contributed by atoms with Crippen LogP contribution >= 0.6 is 0 Å². The van der Waals surface area contributed by atoms with Crippen LogP contribution in [0.2, 0.25) is 0 Å². The minimum Gasteiger partial charge on any atom is -0.461 e. The highest BCUT2D eigenvalue weighted by Gasteiger charge is 2.27. The molecule has 0 saturated carbocycles. The van der Waals surface area contributed by atoms with Gasteiger partial charge in [0.1, 0.15) is 12.6 Å². The minimum atomic E-state index is -0.869. The summed E-state index contributed by atoms with van der Waals surface area (Å²) in [5.74, 6) is -1.40. The molecule has 5 amide bonds. The summed E-state index contributed by atoms with van der Waals surface area (Å²) in [6, 6.07) is 4.66. The zero-order valence-electron chi connectivity index (χ0n) is 21.3. The first-order chi connectivity index (χ1) is 17.0. The third-order valence-electron chi connectivity index (χ3n) is 5.08. The molecule has 0 aromatic heterocycles. The molecule has 0 bridgehead atoms. The topological polar surface area (TPSA) is 181 Å². The van der Waals surface area contributed by atoms with Crippen LogP contribution in [0.5, 0.6) is 0 Å². The van der Waals surface area contributed by atoms with Crippen LogP contribution in [0.1, 0.15) is 46.1 Å². The van der Waals surface area contributed by atoms with Gasteiger partial charge in [-0.25, -0.2) is 4.79 Å². The highest BCUT2D eigenvalue weighted by Crippen LogP contribution is 2.12. The molecule has 0 heterocycles. The van der Waals surface area contributed by atoms with Crippen molar-refractivity contribution in [3.63, 3.8) is 0 Å². The maximum absolute atomic E-state index is 13.0. The average Bonchev–Trinajstić information content (AvgIpc) is 2.79. The molecule has 1 aromatic carbocycles. The maximum Gasteiger partial charge on any atom is 0.312 e. The van der Waals surface area contributed by atoms with E-state index < -0.39 is 24.0 Å². The molecule has 7 N–H and O–H groups in total. The van der Waals surface area contributed by atoms with Gasteiger partial charge in [0.25, 0.3) is 0 Å². The fourth-order valence-corrected chi connectivity index (χ4v) is 3.24. The van der Waals surface area contributed by atoms with E-state index in [0.29, 0.717) is 25.2 Å². The molecule has 1 rings (SSSR count). The van der Waals surface area contributed by atoms with Gasteiger partial charge >= 0.3 is 12.0 Å². The van der Waals surface area contributed by atoms with E-state index in [2.05, 4.69) is 26.6 Å². The van der Waals surface area contributed by atoms with Crippen LogP contribution < -0.4 is 32.3 Å². The number of carbonyl (C=O) groups excluding carboxylic acids is 5. The maximum atomic E-state index is 13.0. The predicted octanol–water partition coefficient (Wildman–Crippen LogP) is 0.372. The molecule has 0 aliphatic heterocycles. The normalized spacial score (nSPS) is 12.2. The van der Waals surface area contributed by atoms with Crippen molar-refractivity contribution < 1.29 is 28.7 Å². The number of hydrogen-bond donors (Lipinski definition) is 6. The zero-order chi connectivity index (χ0) is 27.1. The Balaban J connectivity index is 2.84. The number of nitrogens with two attached hydrogens (primary N) is 1. The van der Waals surface area contributed by atoms with Crippen molar-refractivity contribution in [2.75, 3.05) is 25.0 Å². The Labute approximate surface area is 211 Å². The Morgan fingerprint density at radius 3 is 2.14 bits per heavy atom. The summed E-state index contributed by atoms with van der Waals surface area (Å²) < 4.78 is 4.95. The van der Waals surface area contributed by atoms with Crippen molar-refractivity contribution in [1.82, 2.24) is 21.3 Å². The summed E-state index contributed by atoms with van der Waals surface area (Å²) in [5, 5.41) is 13.8. The van der Waals surface area contributed by atoms with E-state index in [4.69, 9.17) is 10.5 Å². The summed E-state index contributed by atoms with van der Waals surface area (Å²) in [7, 11) is 0. The number of esters is 1. The van der Waals surface area contributed by atoms with Gasteiger partial charge in [-0.2, -0.15) is 0 Å². The van der Waals surface area contributed by atoms with E-state index in [1.165, 1.54) is 13.8 Å². The first kappa shape index (κ1) is 30.4. The van der Waals surface area contributed by atoms with Crippen molar-refractivity contribution in [2.24, 2.45) is 11.7 Å². The first-order valence-corrected chi connectivity index (χ1v) is 11.8. The van der Waals surface area contributed by atoms with Crippen LogP contribution in [0.3, 0.4) is 0 Å². The van der Waals surface area contributed by atoms with Gasteiger partial charge in [0.15, 0.2) is 0 Å². The molecule has 0 unspecified atom stereocenters. The van der Waals surface area contributed by atoms with Gasteiger partial charge in [-0.05, 0) is 36.5 Å². The number of anilines is 1. The number of carbonyl (C=O) groups is 5. The van der Waals surface area contributed by atoms with E-state index in [0.717, 1.165) is 5.56 Å². The zero-order valence-corrected chi connectivity index (χ0v) is 21.3. The lowest BCUT2D eigenvalue weighted by atomic mass is 10.0. The van der Waals surface area contributed by atoms with Gasteiger partial charge in [-0.3, -0.25) is 19.2 Å². The van der Waals surface area contributed by atoms with Crippen molar-refractivity contribution in [1.29, 1.82) is 0 Å². The fraction of sp³-hybridized carbons (Fsp3) is 0.542. The fourth-order valence-electron chi connectivity index (χ4n) is 3.24. The number of primary amides is 1. The van der Waals surface area contributed by atoms with Gasteiger partial charge in [-0.1, -0.05) is 26.0 Å². The molecule has 0 aliphatic rings. The summed E-state index contributed by atoms with van der Waals surface area (Å²) in [6.45, 7) is 7.61. The molecular formula is C24H38N6O6. The van der Waals surface area contributed by atoms with E-state index >= 15 is 0 Å². The highest BCUT2D eigenvalue weighted by molar-refractivity contribution is 5.97. The lowest BCUT2D eigenvalue weighted by molar-refractivity contribution is -0.142. The molecule has 0 spiro atoms. The van der Waals surface area contributed by atoms with Crippen LogP contribution in [0, 0.1) is 5.92 Å². The third-order valence-corrected chi connectivity index (χ3v) is 5.08. The molecule has 12 nitrogen and oxygen atoms in total. The molecule has 2 atom stereocenters. The molecule has 36 heavy (non-hydrogen) atoms.